The van der Waals surface area contributed by atoms with E-state index in [1.54, 1.807) is 30.3 Å². The number of para-hydroxylation sites is 1. The van der Waals surface area contributed by atoms with Gasteiger partial charge in [-0.2, -0.15) is 0 Å². The third-order valence-electron chi connectivity index (χ3n) is 2.92. The predicted molar refractivity (Wildman–Crippen MR) is 72.5 cm³/mol. The van der Waals surface area contributed by atoms with E-state index < -0.39 is 12.0 Å². The summed E-state index contributed by atoms with van der Waals surface area (Å²) in [6.07, 6.45) is 0. The second-order valence-corrected chi connectivity index (χ2v) is 4.29. The molecule has 0 saturated heterocycles. The number of nitrogens with two attached hydrogens (primary N) is 1. The number of aromatic hydroxyl groups is 1. The number of phenolic OH excluding ortho intramolecular Hbond substituents is 1. The largest absolute Gasteiger partial charge is 0.507 e. The molecule has 102 valence electrons. The molecule has 0 saturated carbocycles. The number of hydrogen-bond donors (Lipinski definition) is 3. The van der Waals surface area contributed by atoms with E-state index in [-0.39, 0.29) is 22.7 Å². The van der Waals surface area contributed by atoms with Gasteiger partial charge in [0.15, 0.2) is 5.78 Å². The topological polar surface area (TPSA) is 101 Å². The first-order chi connectivity index (χ1) is 9.50. The molecule has 0 aromatic heterocycles. The van der Waals surface area contributed by atoms with Crippen LogP contribution in [0.15, 0.2) is 48.5 Å². The van der Waals surface area contributed by atoms with Gasteiger partial charge >= 0.3 is 5.97 Å². The minimum absolute atomic E-state index is 0.120. The normalized spacial score (nSPS) is 11.8. The third-order valence-corrected chi connectivity index (χ3v) is 2.92. The molecule has 0 radical (unpaired) electrons. The summed E-state index contributed by atoms with van der Waals surface area (Å²) >= 11 is 0. The van der Waals surface area contributed by atoms with Crippen LogP contribution in [0.2, 0.25) is 0 Å². The number of carboxylic acid groups (broad SMARTS) is 1. The number of hydrogen-bond acceptors (Lipinski definition) is 4. The molecule has 0 aliphatic rings. The van der Waals surface area contributed by atoms with E-state index in [0.29, 0.717) is 5.56 Å². The fourth-order valence-electron chi connectivity index (χ4n) is 1.84. The zero-order valence-corrected chi connectivity index (χ0v) is 10.5. The molecule has 0 amide bonds. The Kier molecular flexibility index (Phi) is 3.81. The number of carbonyl (C=O) groups excluding carboxylic acids is 1. The first-order valence-electron chi connectivity index (χ1n) is 5.91. The minimum Gasteiger partial charge on any atom is -0.507 e. The Labute approximate surface area is 115 Å². The lowest BCUT2D eigenvalue weighted by molar-refractivity contribution is -0.138. The molecule has 0 aliphatic carbocycles. The smallest absolute Gasteiger partial charge is 0.325 e. The minimum atomic E-state index is -1.19. The molecular weight excluding hydrogens is 258 g/mol. The predicted octanol–water partition coefficient (Wildman–Crippen LogP) is 1.71. The Balaban J connectivity index is 2.39. The molecule has 0 fully saturated rings. The molecule has 20 heavy (non-hydrogen) atoms. The second-order valence-electron chi connectivity index (χ2n) is 4.29. The summed E-state index contributed by atoms with van der Waals surface area (Å²) in [4.78, 5) is 23.1. The SMILES string of the molecule is NC(C(=O)O)c1cccc(C(=O)c2ccccc2O)c1. The Morgan fingerprint density at radius 2 is 1.75 bits per heavy atom. The summed E-state index contributed by atoms with van der Waals surface area (Å²) in [7, 11) is 0. The monoisotopic (exact) mass is 271 g/mol. The Bertz CT molecular complexity index is 666. The van der Waals surface area contributed by atoms with E-state index in [1.165, 1.54) is 18.2 Å². The standard InChI is InChI=1S/C15H13NO4/c16-13(15(19)20)9-4-3-5-10(8-9)14(18)11-6-1-2-7-12(11)17/h1-8,13,17H,16H2,(H,19,20). The molecule has 1 atom stereocenters. The van der Waals surface area contributed by atoms with E-state index in [9.17, 15) is 14.7 Å². The van der Waals surface area contributed by atoms with Crippen molar-refractivity contribution in [2.24, 2.45) is 5.73 Å². The number of carbonyl (C=O) groups is 2. The third kappa shape index (κ3) is 2.67. The number of rotatable bonds is 4. The average molecular weight is 271 g/mol. The van der Waals surface area contributed by atoms with E-state index in [0.717, 1.165) is 0 Å². The van der Waals surface area contributed by atoms with Gasteiger partial charge in [0.05, 0.1) is 5.56 Å². The molecule has 0 spiro atoms. The van der Waals surface area contributed by atoms with Crippen LogP contribution in [0.1, 0.15) is 27.5 Å². The average Bonchev–Trinajstić information content (AvgIpc) is 2.46. The summed E-state index contributed by atoms with van der Waals surface area (Å²) in [5.74, 6) is -1.68. The Hall–Kier alpha value is -2.66. The Morgan fingerprint density at radius 3 is 2.40 bits per heavy atom. The van der Waals surface area contributed by atoms with Crippen LogP contribution in [0.25, 0.3) is 0 Å². The van der Waals surface area contributed by atoms with Crippen molar-refractivity contribution in [1.29, 1.82) is 0 Å². The van der Waals surface area contributed by atoms with Gasteiger partial charge in [-0.25, -0.2) is 0 Å². The van der Waals surface area contributed by atoms with Gasteiger partial charge in [0.1, 0.15) is 11.8 Å². The lowest BCUT2D eigenvalue weighted by Crippen LogP contribution is -2.20. The lowest BCUT2D eigenvalue weighted by atomic mass is 9.98. The fourth-order valence-corrected chi connectivity index (χ4v) is 1.84. The van der Waals surface area contributed by atoms with Gasteiger partial charge in [0, 0.05) is 5.56 Å². The highest BCUT2D eigenvalue weighted by Gasteiger charge is 2.17. The van der Waals surface area contributed by atoms with Crippen molar-refractivity contribution in [1.82, 2.24) is 0 Å². The van der Waals surface area contributed by atoms with Gasteiger partial charge in [0.25, 0.3) is 0 Å². The number of carboxylic acids is 1. The molecule has 5 nitrogen and oxygen atoms in total. The van der Waals surface area contributed by atoms with E-state index in [2.05, 4.69) is 0 Å². The van der Waals surface area contributed by atoms with Crippen LogP contribution >= 0.6 is 0 Å². The molecular formula is C15H13NO4. The fraction of sp³-hybridized carbons (Fsp3) is 0.0667. The van der Waals surface area contributed by atoms with Gasteiger partial charge in [-0.05, 0) is 23.8 Å². The van der Waals surface area contributed by atoms with Crippen LogP contribution in [0, 0.1) is 0 Å². The summed E-state index contributed by atoms with van der Waals surface area (Å²) in [5, 5.41) is 18.5. The maximum Gasteiger partial charge on any atom is 0.325 e. The summed E-state index contributed by atoms with van der Waals surface area (Å²) in [5.41, 5.74) is 6.29. The van der Waals surface area contributed by atoms with Crippen LogP contribution < -0.4 is 5.73 Å². The van der Waals surface area contributed by atoms with Gasteiger partial charge in [-0.15, -0.1) is 0 Å². The first-order valence-corrected chi connectivity index (χ1v) is 5.91. The highest BCUT2D eigenvalue weighted by molar-refractivity contribution is 6.10. The van der Waals surface area contributed by atoms with Gasteiger partial charge in [-0.1, -0.05) is 30.3 Å². The van der Waals surface area contributed by atoms with Crippen molar-refractivity contribution in [3.63, 3.8) is 0 Å². The zero-order valence-electron chi connectivity index (χ0n) is 10.5. The summed E-state index contributed by atoms with van der Waals surface area (Å²) < 4.78 is 0. The number of benzene rings is 2. The van der Waals surface area contributed by atoms with Crippen molar-refractivity contribution in [3.05, 3.63) is 65.2 Å². The first kappa shape index (κ1) is 13.8. The van der Waals surface area contributed by atoms with Crippen molar-refractivity contribution in [3.8, 4) is 5.75 Å². The molecule has 5 heteroatoms. The molecule has 0 bridgehead atoms. The van der Waals surface area contributed by atoms with Gasteiger partial charge in [-0.3, -0.25) is 9.59 Å². The van der Waals surface area contributed by atoms with E-state index in [1.807, 2.05) is 0 Å². The van der Waals surface area contributed by atoms with Crippen LogP contribution in [0.4, 0.5) is 0 Å². The van der Waals surface area contributed by atoms with Crippen molar-refractivity contribution >= 4 is 11.8 Å². The summed E-state index contributed by atoms with van der Waals surface area (Å²) in [6.45, 7) is 0. The van der Waals surface area contributed by atoms with Crippen LogP contribution in [-0.2, 0) is 4.79 Å². The molecule has 2 rings (SSSR count). The van der Waals surface area contributed by atoms with Gasteiger partial charge < -0.3 is 15.9 Å². The number of phenols is 1. The van der Waals surface area contributed by atoms with Crippen LogP contribution in [-0.4, -0.2) is 22.0 Å². The van der Waals surface area contributed by atoms with E-state index in [4.69, 9.17) is 10.8 Å². The van der Waals surface area contributed by atoms with E-state index >= 15 is 0 Å². The molecule has 0 aliphatic heterocycles. The quantitative estimate of drug-likeness (QED) is 0.735. The Morgan fingerprint density at radius 1 is 1.05 bits per heavy atom. The molecule has 0 heterocycles. The summed E-state index contributed by atoms with van der Waals surface area (Å²) in [6, 6.07) is 11.1. The molecule has 2 aromatic carbocycles. The van der Waals surface area contributed by atoms with Gasteiger partial charge in [0.2, 0.25) is 0 Å². The maximum atomic E-state index is 12.3. The highest BCUT2D eigenvalue weighted by atomic mass is 16.4. The number of ketones is 1. The van der Waals surface area contributed by atoms with Crippen molar-refractivity contribution < 1.29 is 19.8 Å². The zero-order chi connectivity index (χ0) is 14.7. The molecule has 2 aromatic rings. The number of aliphatic carboxylic acids is 1. The maximum absolute atomic E-state index is 12.3. The lowest BCUT2D eigenvalue weighted by Gasteiger charge is -2.09. The van der Waals surface area contributed by atoms with Crippen LogP contribution in [0.5, 0.6) is 5.75 Å². The molecule has 1 unspecified atom stereocenters. The van der Waals surface area contributed by atoms with Crippen molar-refractivity contribution in [2.75, 3.05) is 0 Å². The van der Waals surface area contributed by atoms with Crippen molar-refractivity contribution in [2.45, 2.75) is 6.04 Å². The second kappa shape index (κ2) is 5.54. The molecule has 4 N–H and O–H groups in total. The highest BCUT2D eigenvalue weighted by Crippen LogP contribution is 2.21. The van der Waals surface area contributed by atoms with Crippen LogP contribution in [0.3, 0.4) is 0 Å².